The normalized spacial score (nSPS) is 10.7. The van der Waals surface area contributed by atoms with Gasteiger partial charge in [-0.2, -0.15) is 5.10 Å². The van der Waals surface area contributed by atoms with Crippen molar-refractivity contribution in [3.8, 4) is 0 Å². The van der Waals surface area contributed by atoms with E-state index in [4.69, 9.17) is 17.3 Å². The van der Waals surface area contributed by atoms with E-state index in [9.17, 15) is 0 Å². The van der Waals surface area contributed by atoms with Crippen molar-refractivity contribution in [1.29, 1.82) is 0 Å². The number of hydrogen-bond acceptors (Lipinski definition) is 3. The van der Waals surface area contributed by atoms with E-state index in [2.05, 4.69) is 17.1 Å². The largest absolute Gasteiger partial charge is 0.396 e. The Hall–Kier alpha value is -0.680. The first-order chi connectivity index (χ1) is 6.79. The average Bonchev–Trinajstić information content (AvgIpc) is 2.51. The predicted molar refractivity (Wildman–Crippen MR) is 57.7 cm³/mol. The van der Waals surface area contributed by atoms with E-state index < -0.39 is 0 Å². The second-order valence-corrected chi connectivity index (χ2v) is 3.66. The molecule has 0 spiro atoms. The van der Waals surface area contributed by atoms with Crippen LogP contribution in [0.25, 0.3) is 0 Å². The van der Waals surface area contributed by atoms with Gasteiger partial charge in [-0.1, -0.05) is 6.92 Å². The second-order valence-electron chi connectivity index (χ2n) is 3.28. The van der Waals surface area contributed by atoms with E-state index in [0.717, 1.165) is 38.1 Å². The van der Waals surface area contributed by atoms with Crippen LogP contribution < -0.4 is 0 Å². The lowest BCUT2D eigenvalue weighted by atomic mass is 10.2. The summed E-state index contributed by atoms with van der Waals surface area (Å²) >= 11 is 5.11. The Kier molecular flexibility index (Phi) is 4.82. The molecule has 1 heterocycles. The standard InChI is InChI=1S/C9H17N3OS/c1-2-6-12-8(5-3-4-7-13)10-11-9(12)14/h13H,2-7H2,1H3,(H,11,14). The molecule has 0 saturated heterocycles. The molecule has 1 rings (SSSR count). The molecule has 0 saturated carbocycles. The molecular weight excluding hydrogens is 198 g/mol. The van der Waals surface area contributed by atoms with Gasteiger partial charge >= 0.3 is 0 Å². The van der Waals surface area contributed by atoms with Crippen LogP contribution in [0.1, 0.15) is 32.0 Å². The summed E-state index contributed by atoms with van der Waals surface area (Å²) in [5.41, 5.74) is 0. The van der Waals surface area contributed by atoms with Crippen LogP contribution in [0, 0.1) is 4.77 Å². The van der Waals surface area contributed by atoms with Crippen molar-refractivity contribution >= 4 is 12.2 Å². The van der Waals surface area contributed by atoms with Crippen molar-refractivity contribution in [1.82, 2.24) is 14.8 Å². The molecule has 0 radical (unpaired) electrons. The molecule has 0 aliphatic carbocycles. The molecule has 0 aliphatic heterocycles. The summed E-state index contributed by atoms with van der Waals surface area (Å²) < 4.78 is 2.73. The highest BCUT2D eigenvalue weighted by Crippen LogP contribution is 2.04. The summed E-state index contributed by atoms with van der Waals surface area (Å²) in [7, 11) is 0. The van der Waals surface area contributed by atoms with E-state index in [1.807, 2.05) is 4.57 Å². The monoisotopic (exact) mass is 215 g/mol. The molecule has 0 amide bonds. The fourth-order valence-corrected chi connectivity index (χ4v) is 1.63. The summed E-state index contributed by atoms with van der Waals surface area (Å²) in [6, 6.07) is 0. The molecule has 4 nitrogen and oxygen atoms in total. The highest BCUT2D eigenvalue weighted by molar-refractivity contribution is 7.71. The van der Waals surface area contributed by atoms with Gasteiger partial charge in [0.15, 0.2) is 4.77 Å². The molecule has 14 heavy (non-hydrogen) atoms. The molecule has 0 atom stereocenters. The zero-order valence-electron chi connectivity index (χ0n) is 8.49. The number of aromatic amines is 1. The highest BCUT2D eigenvalue weighted by Gasteiger charge is 2.03. The van der Waals surface area contributed by atoms with Crippen LogP contribution in [-0.2, 0) is 13.0 Å². The zero-order chi connectivity index (χ0) is 10.4. The summed E-state index contributed by atoms with van der Waals surface area (Å²) in [5, 5.41) is 15.6. The van der Waals surface area contributed by atoms with Crippen LogP contribution in [-0.4, -0.2) is 26.5 Å². The summed E-state index contributed by atoms with van der Waals surface area (Å²) in [6.07, 6.45) is 3.72. The Balaban J connectivity index is 2.61. The lowest BCUT2D eigenvalue weighted by Crippen LogP contribution is -2.04. The molecule has 0 unspecified atom stereocenters. The number of nitrogens with one attached hydrogen (secondary N) is 1. The van der Waals surface area contributed by atoms with Crippen LogP contribution in [0.4, 0.5) is 0 Å². The van der Waals surface area contributed by atoms with Crippen LogP contribution in [0.5, 0.6) is 0 Å². The number of unbranched alkanes of at least 4 members (excludes halogenated alkanes) is 1. The molecule has 2 N–H and O–H groups in total. The first-order valence-electron chi connectivity index (χ1n) is 5.04. The van der Waals surface area contributed by atoms with Crippen molar-refractivity contribution in [3.05, 3.63) is 10.6 Å². The Morgan fingerprint density at radius 3 is 2.93 bits per heavy atom. The number of aliphatic hydroxyl groups excluding tert-OH is 1. The lowest BCUT2D eigenvalue weighted by molar-refractivity contribution is 0.284. The molecule has 1 aromatic heterocycles. The number of aryl methyl sites for hydroxylation is 1. The molecule has 80 valence electrons. The minimum Gasteiger partial charge on any atom is -0.396 e. The van der Waals surface area contributed by atoms with E-state index in [1.54, 1.807) is 0 Å². The number of H-pyrrole nitrogens is 1. The molecule has 5 heteroatoms. The number of aliphatic hydroxyl groups is 1. The minimum absolute atomic E-state index is 0.249. The Labute approximate surface area is 89.0 Å². The molecule has 1 aromatic rings. The molecule has 0 aliphatic rings. The van der Waals surface area contributed by atoms with Gasteiger partial charge in [-0.25, -0.2) is 0 Å². The predicted octanol–water partition coefficient (Wildman–Crippen LogP) is 1.67. The third kappa shape index (κ3) is 2.92. The van der Waals surface area contributed by atoms with Crippen molar-refractivity contribution in [2.45, 2.75) is 39.2 Å². The highest BCUT2D eigenvalue weighted by atomic mass is 32.1. The summed E-state index contributed by atoms with van der Waals surface area (Å²) in [6.45, 7) is 3.29. The van der Waals surface area contributed by atoms with Crippen molar-refractivity contribution in [3.63, 3.8) is 0 Å². The second kappa shape index (κ2) is 5.93. The van der Waals surface area contributed by atoms with Gasteiger partial charge in [0.05, 0.1) is 0 Å². The van der Waals surface area contributed by atoms with Gasteiger partial charge in [0.2, 0.25) is 0 Å². The number of nitrogens with zero attached hydrogens (tertiary/aromatic N) is 2. The van der Waals surface area contributed by atoms with E-state index in [-0.39, 0.29) is 6.61 Å². The van der Waals surface area contributed by atoms with Crippen molar-refractivity contribution in [2.75, 3.05) is 6.61 Å². The van der Waals surface area contributed by atoms with E-state index in [1.165, 1.54) is 0 Å². The third-order valence-corrected chi connectivity index (χ3v) is 2.40. The maximum atomic E-state index is 8.67. The minimum atomic E-state index is 0.249. The Bertz CT molecular complexity index is 318. The van der Waals surface area contributed by atoms with Crippen LogP contribution in [0.15, 0.2) is 0 Å². The fraction of sp³-hybridized carbons (Fsp3) is 0.778. The van der Waals surface area contributed by atoms with Gasteiger partial charge < -0.3 is 9.67 Å². The summed E-state index contributed by atoms with van der Waals surface area (Å²) in [5.74, 6) is 1.00. The lowest BCUT2D eigenvalue weighted by Gasteiger charge is -2.03. The zero-order valence-corrected chi connectivity index (χ0v) is 9.31. The maximum absolute atomic E-state index is 8.67. The number of hydrogen-bond donors (Lipinski definition) is 2. The van der Waals surface area contributed by atoms with Gasteiger partial charge in [0.25, 0.3) is 0 Å². The molecule has 0 aromatic carbocycles. The molecule has 0 fully saturated rings. The van der Waals surface area contributed by atoms with Gasteiger partial charge in [-0.15, -0.1) is 0 Å². The summed E-state index contributed by atoms with van der Waals surface area (Å²) in [4.78, 5) is 0. The van der Waals surface area contributed by atoms with E-state index >= 15 is 0 Å². The number of rotatable bonds is 6. The quantitative estimate of drug-likeness (QED) is 0.560. The van der Waals surface area contributed by atoms with Crippen molar-refractivity contribution in [2.24, 2.45) is 0 Å². The Morgan fingerprint density at radius 1 is 1.50 bits per heavy atom. The number of aromatic nitrogens is 3. The van der Waals surface area contributed by atoms with Crippen molar-refractivity contribution < 1.29 is 5.11 Å². The van der Waals surface area contributed by atoms with Gasteiger partial charge in [-0.3, -0.25) is 5.10 Å². The Morgan fingerprint density at radius 2 is 2.29 bits per heavy atom. The first kappa shape index (κ1) is 11.4. The van der Waals surface area contributed by atoms with E-state index in [0.29, 0.717) is 4.77 Å². The SMILES string of the molecule is CCCn1c(CCCCO)n[nH]c1=S. The molecule has 0 bridgehead atoms. The average molecular weight is 215 g/mol. The first-order valence-corrected chi connectivity index (χ1v) is 5.45. The fourth-order valence-electron chi connectivity index (χ4n) is 1.39. The topological polar surface area (TPSA) is 53.8 Å². The van der Waals surface area contributed by atoms with Gasteiger partial charge in [0.1, 0.15) is 5.82 Å². The third-order valence-electron chi connectivity index (χ3n) is 2.09. The van der Waals surface area contributed by atoms with Crippen LogP contribution in [0.3, 0.4) is 0 Å². The van der Waals surface area contributed by atoms with Crippen LogP contribution >= 0.6 is 12.2 Å². The van der Waals surface area contributed by atoms with Gasteiger partial charge in [0, 0.05) is 19.6 Å². The molecular formula is C9H17N3OS. The maximum Gasteiger partial charge on any atom is 0.195 e. The van der Waals surface area contributed by atoms with Crippen LogP contribution in [0.2, 0.25) is 0 Å². The van der Waals surface area contributed by atoms with Gasteiger partial charge in [-0.05, 0) is 31.5 Å². The smallest absolute Gasteiger partial charge is 0.195 e.